The lowest BCUT2D eigenvalue weighted by molar-refractivity contribution is 0.110. The van der Waals surface area contributed by atoms with Gasteiger partial charge >= 0.3 is 0 Å². The van der Waals surface area contributed by atoms with E-state index in [9.17, 15) is 4.79 Å². The first kappa shape index (κ1) is 13.6. The van der Waals surface area contributed by atoms with Crippen LogP contribution in [0.25, 0.3) is 11.3 Å². The van der Waals surface area contributed by atoms with Gasteiger partial charge in [-0.25, -0.2) is 0 Å². The topological polar surface area (TPSA) is 39.4 Å². The molecule has 0 amide bonds. The van der Waals surface area contributed by atoms with E-state index in [-0.39, 0.29) is 0 Å². The van der Waals surface area contributed by atoms with Gasteiger partial charge in [0.2, 0.25) is 0 Å². The monoisotopic (exact) mass is 342 g/mol. The molecular formula is C17H11BrO3. The molecule has 0 bridgehead atoms. The highest BCUT2D eigenvalue weighted by Crippen LogP contribution is 2.27. The highest BCUT2D eigenvalue weighted by Gasteiger charge is 2.05. The molecule has 21 heavy (non-hydrogen) atoms. The van der Waals surface area contributed by atoms with E-state index in [1.54, 1.807) is 12.1 Å². The summed E-state index contributed by atoms with van der Waals surface area (Å²) >= 11 is 3.38. The number of halogens is 1. The lowest BCUT2D eigenvalue weighted by Gasteiger charge is -2.06. The largest absolute Gasteiger partial charge is 0.457 e. The number of hydrogen-bond donors (Lipinski definition) is 0. The van der Waals surface area contributed by atoms with Crippen molar-refractivity contribution in [1.29, 1.82) is 0 Å². The highest BCUT2D eigenvalue weighted by molar-refractivity contribution is 9.10. The van der Waals surface area contributed by atoms with Gasteiger partial charge in [0.25, 0.3) is 0 Å². The van der Waals surface area contributed by atoms with Crippen LogP contribution < -0.4 is 4.74 Å². The van der Waals surface area contributed by atoms with Crippen molar-refractivity contribution in [3.05, 3.63) is 70.9 Å². The first-order valence-electron chi connectivity index (χ1n) is 6.33. The Balaban J connectivity index is 1.77. The minimum absolute atomic E-state index is 0.320. The molecule has 0 atom stereocenters. The molecule has 0 N–H and O–H groups in total. The van der Waals surface area contributed by atoms with E-state index in [1.165, 1.54) is 0 Å². The summed E-state index contributed by atoms with van der Waals surface area (Å²) in [5, 5.41) is 0. The molecular weight excluding hydrogens is 332 g/mol. The summed E-state index contributed by atoms with van der Waals surface area (Å²) in [5.41, 5.74) is 0.895. The smallest absolute Gasteiger partial charge is 0.185 e. The maximum atomic E-state index is 10.6. The van der Waals surface area contributed by atoms with E-state index < -0.39 is 0 Å². The fourth-order valence-electron chi connectivity index (χ4n) is 1.90. The fourth-order valence-corrected chi connectivity index (χ4v) is 2.16. The summed E-state index contributed by atoms with van der Waals surface area (Å²) in [6.45, 7) is 0. The number of benzene rings is 2. The van der Waals surface area contributed by atoms with Crippen molar-refractivity contribution in [2.75, 3.05) is 0 Å². The van der Waals surface area contributed by atoms with Gasteiger partial charge in [-0.3, -0.25) is 4.79 Å². The van der Waals surface area contributed by atoms with Crippen LogP contribution in [0.1, 0.15) is 10.6 Å². The van der Waals surface area contributed by atoms with Crippen LogP contribution in [-0.2, 0) is 0 Å². The average Bonchev–Trinajstić information content (AvgIpc) is 2.99. The number of rotatable bonds is 4. The number of furan rings is 1. The number of hydrogen-bond acceptors (Lipinski definition) is 3. The second-order valence-corrected chi connectivity index (χ2v) is 5.32. The zero-order valence-corrected chi connectivity index (χ0v) is 12.5. The zero-order chi connectivity index (χ0) is 14.7. The van der Waals surface area contributed by atoms with Gasteiger partial charge in [0.15, 0.2) is 12.0 Å². The van der Waals surface area contributed by atoms with Crippen LogP contribution in [0.5, 0.6) is 11.5 Å². The molecule has 3 nitrogen and oxygen atoms in total. The highest BCUT2D eigenvalue weighted by atomic mass is 79.9. The Kier molecular flexibility index (Phi) is 3.88. The Morgan fingerprint density at radius 1 is 0.857 bits per heavy atom. The maximum absolute atomic E-state index is 10.6. The molecule has 0 radical (unpaired) electrons. The Morgan fingerprint density at radius 2 is 1.48 bits per heavy atom. The Morgan fingerprint density at radius 3 is 2.05 bits per heavy atom. The third-order valence-corrected chi connectivity index (χ3v) is 3.46. The number of aldehydes is 1. The zero-order valence-electron chi connectivity index (χ0n) is 11.0. The molecule has 0 spiro atoms. The van der Waals surface area contributed by atoms with Gasteiger partial charge in [0, 0.05) is 10.0 Å². The second kappa shape index (κ2) is 5.97. The molecule has 3 aromatic rings. The number of ether oxygens (including phenoxy) is 1. The summed E-state index contributed by atoms with van der Waals surface area (Å²) in [6, 6.07) is 18.6. The lowest BCUT2D eigenvalue weighted by atomic mass is 10.2. The molecule has 0 saturated carbocycles. The first-order valence-corrected chi connectivity index (χ1v) is 7.13. The van der Waals surface area contributed by atoms with Crippen molar-refractivity contribution in [1.82, 2.24) is 0 Å². The minimum Gasteiger partial charge on any atom is -0.457 e. The van der Waals surface area contributed by atoms with E-state index in [4.69, 9.17) is 9.15 Å². The van der Waals surface area contributed by atoms with Crippen LogP contribution in [0, 0.1) is 0 Å². The van der Waals surface area contributed by atoms with Crippen LogP contribution in [0.3, 0.4) is 0 Å². The normalized spacial score (nSPS) is 10.3. The predicted molar refractivity (Wildman–Crippen MR) is 83.7 cm³/mol. The number of carbonyl (C=O) groups excluding carboxylic acids is 1. The van der Waals surface area contributed by atoms with Gasteiger partial charge < -0.3 is 9.15 Å². The fraction of sp³-hybridized carbons (Fsp3) is 0. The molecule has 0 fully saturated rings. The average molecular weight is 343 g/mol. The lowest BCUT2D eigenvalue weighted by Crippen LogP contribution is -1.83. The SMILES string of the molecule is O=Cc1ccc(-c2ccc(Oc3ccc(Br)cc3)cc2)o1. The molecule has 0 aliphatic rings. The van der Waals surface area contributed by atoms with Crippen molar-refractivity contribution < 1.29 is 13.9 Å². The Labute approximate surface area is 130 Å². The van der Waals surface area contributed by atoms with E-state index >= 15 is 0 Å². The molecule has 104 valence electrons. The van der Waals surface area contributed by atoms with Crippen molar-refractivity contribution in [2.45, 2.75) is 0 Å². The molecule has 4 heteroatoms. The maximum Gasteiger partial charge on any atom is 0.185 e. The van der Waals surface area contributed by atoms with Crippen molar-refractivity contribution in [2.24, 2.45) is 0 Å². The molecule has 2 aromatic carbocycles. The summed E-state index contributed by atoms with van der Waals surface area (Å²) in [4.78, 5) is 10.6. The van der Waals surface area contributed by atoms with Gasteiger partial charge in [-0.2, -0.15) is 0 Å². The molecule has 0 aliphatic heterocycles. The third-order valence-electron chi connectivity index (χ3n) is 2.93. The summed E-state index contributed by atoms with van der Waals surface area (Å²) in [7, 11) is 0. The summed E-state index contributed by atoms with van der Waals surface area (Å²) < 4.78 is 12.1. The second-order valence-electron chi connectivity index (χ2n) is 4.40. The van der Waals surface area contributed by atoms with Crippen molar-refractivity contribution in [3.8, 4) is 22.8 Å². The van der Waals surface area contributed by atoms with E-state index in [1.807, 2.05) is 48.5 Å². The van der Waals surface area contributed by atoms with Gasteiger partial charge in [-0.05, 0) is 60.7 Å². The van der Waals surface area contributed by atoms with Gasteiger partial charge in [0.05, 0.1) is 0 Å². The van der Waals surface area contributed by atoms with Crippen LogP contribution >= 0.6 is 15.9 Å². The molecule has 3 rings (SSSR count). The first-order chi connectivity index (χ1) is 10.2. The molecule has 1 aromatic heterocycles. The third kappa shape index (κ3) is 3.23. The van der Waals surface area contributed by atoms with E-state index in [0.29, 0.717) is 17.8 Å². The summed E-state index contributed by atoms with van der Waals surface area (Å²) in [5.74, 6) is 2.49. The van der Waals surface area contributed by atoms with Crippen LogP contribution in [-0.4, -0.2) is 6.29 Å². The van der Waals surface area contributed by atoms with Crippen LogP contribution in [0.2, 0.25) is 0 Å². The van der Waals surface area contributed by atoms with E-state index in [2.05, 4.69) is 15.9 Å². The van der Waals surface area contributed by atoms with Gasteiger partial charge in [0.1, 0.15) is 17.3 Å². The predicted octanol–water partition coefficient (Wildman–Crippen LogP) is 5.31. The van der Waals surface area contributed by atoms with Crippen molar-refractivity contribution in [3.63, 3.8) is 0 Å². The molecule has 0 saturated heterocycles. The quantitative estimate of drug-likeness (QED) is 0.603. The summed E-state index contributed by atoms with van der Waals surface area (Å²) in [6.07, 6.45) is 0.689. The molecule has 0 unspecified atom stereocenters. The van der Waals surface area contributed by atoms with E-state index in [0.717, 1.165) is 21.5 Å². The Bertz CT molecular complexity index is 742. The minimum atomic E-state index is 0.320. The molecule has 1 heterocycles. The van der Waals surface area contributed by atoms with Gasteiger partial charge in [-0.1, -0.05) is 15.9 Å². The molecule has 0 aliphatic carbocycles. The van der Waals surface area contributed by atoms with Gasteiger partial charge in [-0.15, -0.1) is 0 Å². The standard InChI is InChI=1S/C17H11BrO3/c18-13-3-7-15(8-4-13)20-14-5-1-12(2-6-14)17-10-9-16(11-19)21-17/h1-11H. The van der Waals surface area contributed by atoms with Crippen LogP contribution in [0.15, 0.2) is 69.6 Å². The Hall–Kier alpha value is -2.33. The number of carbonyl (C=O) groups is 1. The van der Waals surface area contributed by atoms with Crippen molar-refractivity contribution >= 4 is 22.2 Å². The van der Waals surface area contributed by atoms with Crippen LogP contribution in [0.4, 0.5) is 0 Å².